The molecule has 0 saturated heterocycles. The highest BCUT2D eigenvalue weighted by Crippen LogP contribution is 2.22. The Balaban J connectivity index is 2.62. The van der Waals surface area contributed by atoms with Crippen LogP contribution in [0.1, 0.15) is 45.7 Å². The molecule has 0 heterocycles. The van der Waals surface area contributed by atoms with Gasteiger partial charge in [0, 0.05) is 6.42 Å². The van der Waals surface area contributed by atoms with Crippen LogP contribution in [0.4, 0.5) is 0 Å². The topological polar surface area (TPSA) is 75.6 Å². The molecule has 0 bridgehead atoms. The first-order chi connectivity index (χ1) is 9.76. The minimum atomic E-state index is -1.07. The molecule has 1 aromatic carbocycles. The molecule has 2 N–H and O–H groups in total. The zero-order chi connectivity index (χ0) is 16.0. The van der Waals surface area contributed by atoms with Gasteiger partial charge in [0.1, 0.15) is 5.75 Å². The molecule has 0 fully saturated rings. The van der Waals surface area contributed by atoms with Gasteiger partial charge < -0.3 is 15.2 Å². The predicted octanol–water partition coefficient (Wildman–Crippen LogP) is 2.76. The van der Waals surface area contributed by atoms with E-state index in [0.717, 1.165) is 11.3 Å². The van der Waals surface area contributed by atoms with Gasteiger partial charge in [0.15, 0.2) is 0 Å². The Labute approximate surface area is 125 Å². The maximum atomic E-state index is 11.9. The quantitative estimate of drug-likeness (QED) is 0.810. The van der Waals surface area contributed by atoms with Crippen molar-refractivity contribution in [1.29, 1.82) is 0 Å². The van der Waals surface area contributed by atoms with Crippen LogP contribution in [0.15, 0.2) is 24.3 Å². The highest BCUT2D eigenvalue weighted by Gasteiger charge is 2.30. The highest BCUT2D eigenvalue weighted by atomic mass is 16.5. The van der Waals surface area contributed by atoms with Gasteiger partial charge in [-0.1, -0.05) is 12.1 Å². The van der Waals surface area contributed by atoms with Crippen molar-refractivity contribution in [3.63, 3.8) is 0 Å². The van der Waals surface area contributed by atoms with Crippen LogP contribution in [-0.4, -0.2) is 23.6 Å². The van der Waals surface area contributed by atoms with Crippen molar-refractivity contribution in [3.05, 3.63) is 29.8 Å². The van der Waals surface area contributed by atoms with Crippen LogP contribution >= 0.6 is 0 Å². The number of benzene rings is 1. The Morgan fingerprint density at radius 2 is 1.86 bits per heavy atom. The van der Waals surface area contributed by atoms with E-state index >= 15 is 0 Å². The first-order valence-corrected chi connectivity index (χ1v) is 7.01. The van der Waals surface area contributed by atoms with E-state index in [1.807, 2.05) is 38.1 Å². The first-order valence-electron chi connectivity index (χ1n) is 7.01. The standard InChI is InChI=1S/C16H23NO4/c1-5-21-13-8-6-12(7-9-13)11(2)17-14(18)10-16(3,4)15(19)20/h6-9,11H,5,10H2,1-4H3,(H,17,18)(H,19,20). The summed E-state index contributed by atoms with van der Waals surface area (Å²) < 4.78 is 5.36. The summed E-state index contributed by atoms with van der Waals surface area (Å²) in [7, 11) is 0. The Morgan fingerprint density at radius 1 is 1.29 bits per heavy atom. The molecule has 5 heteroatoms. The zero-order valence-corrected chi connectivity index (χ0v) is 13.0. The van der Waals surface area contributed by atoms with Crippen molar-refractivity contribution >= 4 is 11.9 Å². The summed E-state index contributed by atoms with van der Waals surface area (Å²) in [4.78, 5) is 22.9. The van der Waals surface area contributed by atoms with Crippen LogP contribution < -0.4 is 10.1 Å². The largest absolute Gasteiger partial charge is 0.494 e. The van der Waals surface area contributed by atoms with E-state index in [1.165, 1.54) is 13.8 Å². The number of hydrogen-bond donors (Lipinski definition) is 2. The van der Waals surface area contributed by atoms with Gasteiger partial charge in [-0.2, -0.15) is 0 Å². The van der Waals surface area contributed by atoms with Crippen molar-refractivity contribution in [3.8, 4) is 5.75 Å². The van der Waals surface area contributed by atoms with Crippen LogP contribution in [0.25, 0.3) is 0 Å². The zero-order valence-electron chi connectivity index (χ0n) is 13.0. The van der Waals surface area contributed by atoms with E-state index in [2.05, 4.69) is 5.32 Å². The van der Waals surface area contributed by atoms with Crippen LogP contribution in [0.3, 0.4) is 0 Å². The summed E-state index contributed by atoms with van der Waals surface area (Å²) in [5.74, 6) is -0.470. The minimum absolute atomic E-state index is 0.0519. The van der Waals surface area contributed by atoms with Gasteiger partial charge in [-0.15, -0.1) is 0 Å². The first kappa shape index (κ1) is 17.0. The molecule has 1 amide bonds. The number of rotatable bonds is 7. The summed E-state index contributed by atoms with van der Waals surface area (Å²) in [5.41, 5.74) is -0.122. The number of hydrogen-bond acceptors (Lipinski definition) is 3. The number of carbonyl (C=O) groups is 2. The van der Waals surface area contributed by atoms with Gasteiger partial charge in [-0.25, -0.2) is 0 Å². The fraction of sp³-hybridized carbons (Fsp3) is 0.500. The number of nitrogens with one attached hydrogen (secondary N) is 1. The van der Waals surface area contributed by atoms with Crippen LogP contribution in [0, 0.1) is 5.41 Å². The van der Waals surface area contributed by atoms with Crippen LogP contribution in [-0.2, 0) is 9.59 Å². The molecule has 0 aromatic heterocycles. The average Bonchev–Trinajstić information content (AvgIpc) is 2.38. The number of carboxylic acid groups (broad SMARTS) is 1. The van der Waals surface area contributed by atoms with Crippen molar-refractivity contribution in [2.45, 2.75) is 40.2 Å². The Bertz CT molecular complexity index is 494. The number of ether oxygens (including phenoxy) is 1. The molecule has 5 nitrogen and oxygen atoms in total. The second-order valence-corrected chi connectivity index (χ2v) is 5.66. The molecule has 0 aliphatic heterocycles. The van der Waals surface area contributed by atoms with E-state index in [1.54, 1.807) is 0 Å². The average molecular weight is 293 g/mol. The molecular weight excluding hydrogens is 270 g/mol. The van der Waals surface area contributed by atoms with Gasteiger partial charge in [0.2, 0.25) is 5.91 Å². The van der Waals surface area contributed by atoms with E-state index in [4.69, 9.17) is 9.84 Å². The smallest absolute Gasteiger partial charge is 0.309 e. The van der Waals surface area contributed by atoms with Gasteiger partial charge in [-0.3, -0.25) is 9.59 Å². The summed E-state index contributed by atoms with van der Waals surface area (Å²) in [6.45, 7) is 7.46. The van der Waals surface area contributed by atoms with E-state index in [-0.39, 0.29) is 18.4 Å². The molecule has 0 aliphatic rings. The summed E-state index contributed by atoms with van der Waals surface area (Å²) in [6.07, 6.45) is -0.0519. The summed E-state index contributed by atoms with van der Waals surface area (Å²) in [5, 5.41) is 11.8. The summed E-state index contributed by atoms with van der Waals surface area (Å²) in [6, 6.07) is 7.29. The molecule has 0 radical (unpaired) electrons. The van der Waals surface area contributed by atoms with Crippen molar-refractivity contribution in [2.24, 2.45) is 5.41 Å². The maximum absolute atomic E-state index is 11.9. The van der Waals surface area contributed by atoms with Crippen molar-refractivity contribution in [2.75, 3.05) is 6.61 Å². The Morgan fingerprint density at radius 3 is 2.33 bits per heavy atom. The van der Waals surface area contributed by atoms with Gasteiger partial charge >= 0.3 is 5.97 Å². The number of amides is 1. The van der Waals surface area contributed by atoms with Crippen molar-refractivity contribution in [1.82, 2.24) is 5.32 Å². The van der Waals surface area contributed by atoms with E-state index in [0.29, 0.717) is 6.61 Å². The molecule has 116 valence electrons. The third-order valence-electron chi connectivity index (χ3n) is 3.25. The predicted molar refractivity (Wildman–Crippen MR) is 80.2 cm³/mol. The fourth-order valence-electron chi connectivity index (χ4n) is 1.87. The lowest BCUT2D eigenvalue weighted by atomic mass is 9.89. The van der Waals surface area contributed by atoms with Crippen molar-refractivity contribution < 1.29 is 19.4 Å². The maximum Gasteiger partial charge on any atom is 0.309 e. The lowest BCUT2D eigenvalue weighted by molar-refractivity contribution is -0.149. The number of carbonyl (C=O) groups excluding carboxylic acids is 1. The van der Waals surface area contributed by atoms with Gasteiger partial charge in [0.25, 0.3) is 0 Å². The Kier molecular flexibility index (Phi) is 5.76. The van der Waals surface area contributed by atoms with E-state index in [9.17, 15) is 9.59 Å². The molecular formula is C16H23NO4. The lowest BCUT2D eigenvalue weighted by Crippen LogP contribution is -2.34. The second-order valence-electron chi connectivity index (χ2n) is 5.66. The number of carboxylic acids is 1. The molecule has 1 aromatic rings. The lowest BCUT2D eigenvalue weighted by Gasteiger charge is -2.21. The van der Waals surface area contributed by atoms with Gasteiger partial charge in [0.05, 0.1) is 18.1 Å². The van der Waals surface area contributed by atoms with E-state index < -0.39 is 11.4 Å². The second kappa shape index (κ2) is 7.11. The molecule has 0 spiro atoms. The minimum Gasteiger partial charge on any atom is -0.494 e. The SMILES string of the molecule is CCOc1ccc(C(C)NC(=O)CC(C)(C)C(=O)O)cc1. The molecule has 0 aliphatic carbocycles. The molecule has 1 rings (SSSR count). The van der Waals surface area contributed by atoms with Crippen LogP contribution in [0.2, 0.25) is 0 Å². The molecule has 0 saturated carbocycles. The molecule has 21 heavy (non-hydrogen) atoms. The fourth-order valence-corrected chi connectivity index (χ4v) is 1.87. The summed E-state index contributed by atoms with van der Waals surface area (Å²) >= 11 is 0. The number of aliphatic carboxylic acids is 1. The molecule has 1 unspecified atom stereocenters. The monoisotopic (exact) mass is 293 g/mol. The Hall–Kier alpha value is -2.04. The van der Waals surface area contributed by atoms with Crippen LogP contribution in [0.5, 0.6) is 5.75 Å². The normalized spacial score (nSPS) is 12.6. The van der Waals surface area contributed by atoms with Gasteiger partial charge in [-0.05, 0) is 45.4 Å². The molecule has 1 atom stereocenters. The third-order valence-corrected chi connectivity index (χ3v) is 3.25. The third kappa shape index (κ3) is 5.10. The highest BCUT2D eigenvalue weighted by molar-refractivity contribution is 5.84.